The summed E-state index contributed by atoms with van der Waals surface area (Å²) in [5, 5.41) is 11.7. The van der Waals surface area contributed by atoms with Crippen molar-refractivity contribution in [2.24, 2.45) is 0 Å². The van der Waals surface area contributed by atoms with Gasteiger partial charge in [0.25, 0.3) is 5.78 Å². The molecule has 1 N–H and O–H groups in total. The highest BCUT2D eigenvalue weighted by molar-refractivity contribution is 7.22. The smallest absolute Gasteiger partial charge is 0.301 e. The Labute approximate surface area is 218 Å². The van der Waals surface area contributed by atoms with Crippen LogP contribution in [-0.4, -0.2) is 35.5 Å². The second-order valence-corrected chi connectivity index (χ2v) is 9.56. The van der Waals surface area contributed by atoms with Crippen LogP contribution in [0.25, 0.3) is 16.0 Å². The lowest BCUT2D eigenvalue weighted by Gasteiger charge is -2.23. The molecule has 0 spiro atoms. The van der Waals surface area contributed by atoms with Crippen LogP contribution in [0.2, 0.25) is 0 Å². The fraction of sp³-hybridized carbons (Fsp3) is 0.207. The highest BCUT2D eigenvalue weighted by Gasteiger charge is 2.48. The van der Waals surface area contributed by atoms with Crippen molar-refractivity contribution in [3.05, 3.63) is 89.0 Å². The van der Waals surface area contributed by atoms with Gasteiger partial charge in [-0.1, -0.05) is 36.5 Å². The SMILES string of the molecule is CCOc1ccc(/C(O)=C2\C(=O)C(=O)N(c3nc4ccc(CC)cc4s3)C2c2ccc(OC)cc2)cc1. The summed E-state index contributed by atoms with van der Waals surface area (Å²) in [6.45, 7) is 4.47. The van der Waals surface area contributed by atoms with Gasteiger partial charge in [0.15, 0.2) is 5.13 Å². The summed E-state index contributed by atoms with van der Waals surface area (Å²) < 4.78 is 11.7. The van der Waals surface area contributed by atoms with Crippen LogP contribution >= 0.6 is 11.3 Å². The molecule has 1 saturated heterocycles. The van der Waals surface area contributed by atoms with Crippen LogP contribution in [0.1, 0.15) is 36.6 Å². The molecule has 1 atom stereocenters. The molecule has 1 amide bonds. The molecule has 0 aliphatic carbocycles. The van der Waals surface area contributed by atoms with Gasteiger partial charge in [-0.3, -0.25) is 14.5 Å². The Morgan fingerprint density at radius 3 is 2.35 bits per heavy atom. The van der Waals surface area contributed by atoms with E-state index in [9.17, 15) is 14.7 Å². The first-order valence-corrected chi connectivity index (χ1v) is 12.8. The van der Waals surface area contributed by atoms with Crippen LogP contribution < -0.4 is 14.4 Å². The summed E-state index contributed by atoms with van der Waals surface area (Å²) in [7, 11) is 1.57. The Hall–Kier alpha value is -4.17. The number of fused-ring (bicyclic) bond motifs is 1. The standard InChI is InChI=1S/C29H26N2O5S/c1-4-17-6-15-22-23(16-17)37-29(30-22)31-25(18-7-11-20(35-3)12-8-18)24(27(33)28(31)34)26(32)19-9-13-21(14-10-19)36-5-2/h6-16,25,32H,4-5H2,1-3H3/b26-24+. The monoisotopic (exact) mass is 514 g/mol. The molecule has 1 aliphatic heterocycles. The van der Waals surface area contributed by atoms with Gasteiger partial charge in [-0.25, -0.2) is 4.98 Å². The van der Waals surface area contributed by atoms with Gasteiger partial charge < -0.3 is 14.6 Å². The number of benzene rings is 3. The number of carbonyl (C=O) groups excluding carboxylic acids is 2. The molecule has 37 heavy (non-hydrogen) atoms. The first-order chi connectivity index (χ1) is 17.9. The van der Waals surface area contributed by atoms with Crippen LogP contribution in [0.4, 0.5) is 5.13 Å². The number of hydrogen-bond donors (Lipinski definition) is 1. The summed E-state index contributed by atoms with van der Waals surface area (Å²) >= 11 is 1.35. The van der Waals surface area contributed by atoms with Crippen molar-refractivity contribution in [3.8, 4) is 11.5 Å². The fourth-order valence-electron chi connectivity index (χ4n) is 4.44. The first kappa shape index (κ1) is 24.5. The third-order valence-corrected chi connectivity index (χ3v) is 7.39. The highest BCUT2D eigenvalue weighted by atomic mass is 32.1. The molecule has 188 valence electrons. The van der Waals surface area contributed by atoms with Crippen molar-refractivity contribution < 1.29 is 24.2 Å². The molecular formula is C29H26N2O5S. The van der Waals surface area contributed by atoms with Gasteiger partial charge in [-0.05, 0) is 73.0 Å². The van der Waals surface area contributed by atoms with Gasteiger partial charge >= 0.3 is 5.91 Å². The number of ketones is 1. The number of Topliss-reactive ketones (excluding diaryl/α,β-unsaturated/α-hetero) is 1. The van der Waals surface area contributed by atoms with Crippen molar-refractivity contribution >= 4 is 44.1 Å². The number of anilines is 1. The Morgan fingerprint density at radius 2 is 1.70 bits per heavy atom. The van der Waals surface area contributed by atoms with Crippen LogP contribution in [0.5, 0.6) is 11.5 Å². The van der Waals surface area contributed by atoms with Gasteiger partial charge in [0.2, 0.25) is 0 Å². The van der Waals surface area contributed by atoms with Gasteiger partial charge in [0, 0.05) is 5.56 Å². The van der Waals surface area contributed by atoms with Crippen LogP contribution in [-0.2, 0) is 16.0 Å². The molecule has 0 bridgehead atoms. The number of ether oxygens (including phenoxy) is 2. The number of aromatic nitrogens is 1. The zero-order chi connectivity index (χ0) is 26.1. The largest absolute Gasteiger partial charge is 0.507 e. The quantitative estimate of drug-likeness (QED) is 0.188. The Bertz CT molecular complexity index is 1510. The predicted molar refractivity (Wildman–Crippen MR) is 144 cm³/mol. The number of aliphatic hydroxyl groups is 1. The molecule has 2 heterocycles. The van der Waals surface area contributed by atoms with Crippen LogP contribution in [0, 0.1) is 0 Å². The maximum absolute atomic E-state index is 13.5. The molecule has 1 aromatic heterocycles. The van der Waals surface area contributed by atoms with E-state index in [1.807, 2.05) is 19.1 Å². The molecule has 1 unspecified atom stereocenters. The summed E-state index contributed by atoms with van der Waals surface area (Å²) in [4.78, 5) is 32.9. The second-order valence-electron chi connectivity index (χ2n) is 8.55. The summed E-state index contributed by atoms with van der Waals surface area (Å²) in [6.07, 6.45) is 0.877. The number of amides is 1. The van der Waals surface area contributed by atoms with Crippen molar-refractivity contribution in [3.63, 3.8) is 0 Å². The molecule has 3 aromatic carbocycles. The van der Waals surface area contributed by atoms with E-state index in [0.717, 1.165) is 22.2 Å². The van der Waals surface area contributed by atoms with Crippen molar-refractivity contribution in [1.82, 2.24) is 4.98 Å². The third kappa shape index (κ3) is 4.44. The predicted octanol–water partition coefficient (Wildman–Crippen LogP) is 5.89. The molecule has 4 aromatic rings. The lowest BCUT2D eigenvalue weighted by molar-refractivity contribution is -0.132. The Kier molecular flexibility index (Phi) is 6.67. The van der Waals surface area contributed by atoms with E-state index in [0.29, 0.717) is 34.4 Å². The minimum atomic E-state index is -0.858. The molecule has 8 heteroatoms. The molecule has 0 saturated carbocycles. The molecule has 1 fully saturated rings. The first-order valence-electron chi connectivity index (χ1n) is 12.0. The lowest BCUT2D eigenvalue weighted by Crippen LogP contribution is -2.29. The molecular weight excluding hydrogens is 488 g/mol. The van der Waals surface area contributed by atoms with Crippen LogP contribution in [0.3, 0.4) is 0 Å². The number of aryl methyl sites for hydroxylation is 1. The topological polar surface area (TPSA) is 89.0 Å². The molecule has 0 radical (unpaired) electrons. The summed E-state index contributed by atoms with van der Waals surface area (Å²) in [6, 6.07) is 19.0. The van der Waals surface area contributed by atoms with Gasteiger partial charge in [0.05, 0.1) is 35.5 Å². The zero-order valence-corrected chi connectivity index (χ0v) is 21.5. The number of carbonyl (C=O) groups is 2. The van der Waals surface area contributed by atoms with Crippen molar-refractivity contribution in [1.29, 1.82) is 0 Å². The van der Waals surface area contributed by atoms with Crippen molar-refractivity contribution in [2.75, 3.05) is 18.6 Å². The molecule has 1 aliphatic rings. The Balaban J connectivity index is 1.67. The number of nitrogens with zero attached hydrogens (tertiary/aromatic N) is 2. The molecule has 5 rings (SSSR count). The van der Waals surface area contributed by atoms with E-state index in [1.54, 1.807) is 55.6 Å². The van der Waals surface area contributed by atoms with Crippen molar-refractivity contribution in [2.45, 2.75) is 26.3 Å². The van der Waals surface area contributed by atoms with E-state index < -0.39 is 17.7 Å². The number of thiazole rings is 1. The number of hydrogen-bond acceptors (Lipinski definition) is 7. The summed E-state index contributed by atoms with van der Waals surface area (Å²) in [5.41, 5.74) is 2.98. The third-order valence-electron chi connectivity index (χ3n) is 6.37. The fourth-order valence-corrected chi connectivity index (χ4v) is 5.50. The van der Waals surface area contributed by atoms with E-state index in [2.05, 4.69) is 18.0 Å². The molecule has 7 nitrogen and oxygen atoms in total. The lowest BCUT2D eigenvalue weighted by atomic mass is 9.95. The maximum Gasteiger partial charge on any atom is 0.301 e. The number of rotatable bonds is 7. The van der Waals surface area contributed by atoms with Gasteiger partial charge in [0.1, 0.15) is 17.3 Å². The van der Waals surface area contributed by atoms with E-state index >= 15 is 0 Å². The zero-order valence-electron chi connectivity index (χ0n) is 20.7. The van der Waals surface area contributed by atoms with Gasteiger partial charge in [-0.15, -0.1) is 0 Å². The van der Waals surface area contributed by atoms with Crippen LogP contribution in [0.15, 0.2) is 72.3 Å². The minimum Gasteiger partial charge on any atom is -0.507 e. The highest BCUT2D eigenvalue weighted by Crippen LogP contribution is 2.44. The van der Waals surface area contributed by atoms with E-state index in [1.165, 1.54) is 16.2 Å². The average Bonchev–Trinajstić information content (AvgIpc) is 3.46. The normalized spacial score (nSPS) is 16.9. The number of methoxy groups -OCH3 is 1. The number of aliphatic hydroxyl groups excluding tert-OH is 1. The van der Waals surface area contributed by atoms with E-state index in [4.69, 9.17) is 9.47 Å². The second kappa shape index (κ2) is 10.1. The minimum absolute atomic E-state index is 0.00725. The van der Waals surface area contributed by atoms with E-state index in [-0.39, 0.29) is 11.3 Å². The summed E-state index contributed by atoms with van der Waals surface area (Å²) in [5.74, 6) is -0.464. The van der Waals surface area contributed by atoms with Gasteiger partial charge in [-0.2, -0.15) is 0 Å². The maximum atomic E-state index is 13.5. The average molecular weight is 515 g/mol. The Morgan fingerprint density at radius 1 is 1.00 bits per heavy atom.